The maximum Gasteiger partial charge on any atom is 0.350 e. The number of aliphatic hydroxyl groups excluding tert-OH is 1. The number of rotatable bonds is 12. The SMILES string of the molecule is C=CCOC(=O)c1sc(N2C(=O)C(=O)/C(=C(/O)c3ccc4c(c3)C[C@H](C)O4)[C@H]2c2ccc(OCCC(C)C)c(OCC)c2)nc1C. The second kappa shape index (κ2) is 13.8. The number of nitrogens with zero attached hydrogens (tertiary/aromatic N) is 2. The maximum absolute atomic E-state index is 13.8. The largest absolute Gasteiger partial charge is 0.507 e. The molecule has 46 heavy (non-hydrogen) atoms. The van der Waals surface area contributed by atoms with Crippen molar-refractivity contribution in [1.29, 1.82) is 0 Å². The number of hydrogen-bond acceptors (Lipinski definition) is 10. The summed E-state index contributed by atoms with van der Waals surface area (Å²) in [5.74, 6) is -0.608. The van der Waals surface area contributed by atoms with Crippen molar-refractivity contribution < 1.29 is 38.4 Å². The summed E-state index contributed by atoms with van der Waals surface area (Å²) < 4.78 is 23.0. The van der Waals surface area contributed by atoms with Crippen LogP contribution in [0.4, 0.5) is 5.13 Å². The highest BCUT2D eigenvalue weighted by atomic mass is 32.1. The maximum atomic E-state index is 13.8. The molecule has 0 aliphatic carbocycles. The molecule has 0 unspecified atom stereocenters. The van der Waals surface area contributed by atoms with Crippen molar-refractivity contribution in [3.63, 3.8) is 0 Å². The molecule has 3 heterocycles. The molecule has 2 aliphatic heterocycles. The molecule has 2 aliphatic rings. The number of anilines is 1. The molecule has 242 valence electrons. The highest BCUT2D eigenvalue weighted by Gasteiger charge is 2.49. The predicted molar refractivity (Wildman–Crippen MR) is 175 cm³/mol. The highest BCUT2D eigenvalue weighted by molar-refractivity contribution is 7.17. The minimum atomic E-state index is -1.09. The number of carbonyl (C=O) groups is 3. The lowest BCUT2D eigenvalue weighted by atomic mass is 9.94. The van der Waals surface area contributed by atoms with E-state index in [-0.39, 0.29) is 34.1 Å². The molecule has 11 heteroatoms. The molecular weight excluding hydrogens is 608 g/mol. The summed E-state index contributed by atoms with van der Waals surface area (Å²) in [6, 6.07) is 9.29. The number of Topliss-reactive ketones (excluding diaryl/α,β-unsaturated/α-hetero) is 1. The van der Waals surface area contributed by atoms with Crippen LogP contribution in [0, 0.1) is 12.8 Å². The molecular formula is C35H38N2O8S. The monoisotopic (exact) mass is 646 g/mol. The third-order valence-electron chi connectivity index (χ3n) is 7.66. The van der Waals surface area contributed by atoms with Gasteiger partial charge in [0.25, 0.3) is 5.78 Å². The number of aliphatic hydroxyl groups is 1. The quantitative estimate of drug-likeness (QED) is 0.0765. The minimum Gasteiger partial charge on any atom is -0.507 e. The van der Waals surface area contributed by atoms with Gasteiger partial charge in [-0.05, 0) is 74.6 Å². The number of esters is 1. The zero-order chi connectivity index (χ0) is 33.1. The molecule has 0 spiro atoms. The molecule has 1 fully saturated rings. The van der Waals surface area contributed by atoms with Crippen LogP contribution < -0.4 is 19.1 Å². The zero-order valence-corrected chi connectivity index (χ0v) is 27.4. The molecule has 2 atom stereocenters. The summed E-state index contributed by atoms with van der Waals surface area (Å²) in [6.07, 6.45) is 2.93. The van der Waals surface area contributed by atoms with Gasteiger partial charge in [0.05, 0.1) is 30.5 Å². The second-order valence-corrected chi connectivity index (χ2v) is 12.6. The Morgan fingerprint density at radius 1 is 1.20 bits per heavy atom. The molecule has 1 N–H and O–H groups in total. The number of hydrogen-bond donors (Lipinski definition) is 1. The van der Waals surface area contributed by atoms with Crippen LogP contribution in [0.15, 0.2) is 54.6 Å². The van der Waals surface area contributed by atoms with Gasteiger partial charge in [0.15, 0.2) is 16.6 Å². The summed E-state index contributed by atoms with van der Waals surface area (Å²) in [4.78, 5) is 46.3. The Kier molecular flexibility index (Phi) is 9.81. The van der Waals surface area contributed by atoms with Crippen LogP contribution in [0.2, 0.25) is 0 Å². The van der Waals surface area contributed by atoms with E-state index in [2.05, 4.69) is 25.4 Å². The molecule has 1 amide bonds. The van der Waals surface area contributed by atoms with Crippen LogP contribution in [0.3, 0.4) is 0 Å². The molecule has 3 aromatic rings. The van der Waals surface area contributed by atoms with Crippen LogP contribution >= 0.6 is 11.3 Å². The van der Waals surface area contributed by atoms with Crippen LogP contribution in [0.5, 0.6) is 17.2 Å². The Morgan fingerprint density at radius 3 is 2.70 bits per heavy atom. The van der Waals surface area contributed by atoms with Gasteiger partial charge in [-0.15, -0.1) is 0 Å². The van der Waals surface area contributed by atoms with Crippen molar-refractivity contribution >= 4 is 39.9 Å². The van der Waals surface area contributed by atoms with Gasteiger partial charge in [-0.2, -0.15) is 0 Å². The number of aromatic nitrogens is 1. The third-order valence-corrected chi connectivity index (χ3v) is 8.80. The van der Waals surface area contributed by atoms with Gasteiger partial charge in [0, 0.05) is 12.0 Å². The Labute approximate surface area is 272 Å². The first-order valence-electron chi connectivity index (χ1n) is 15.3. The highest BCUT2D eigenvalue weighted by Crippen LogP contribution is 2.46. The van der Waals surface area contributed by atoms with Crippen molar-refractivity contribution in [2.75, 3.05) is 24.7 Å². The van der Waals surface area contributed by atoms with Gasteiger partial charge in [0.2, 0.25) is 0 Å². The molecule has 0 radical (unpaired) electrons. The topological polar surface area (TPSA) is 124 Å². The number of aryl methyl sites for hydroxylation is 1. The zero-order valence-electron chi connectivity index (χ0n) is 26.6. The molecule has 1 aromatic heterocycles. The lowest BCUT2D eigenvalue weighted by molar-refractivity contribution is -0.132. The average molecular weight is 647 g/mol. The van der Waals surface area contributed by atoms with E-state index in [0.29, 0.717) is 59.6 Å². The van der Waals surface area contributed by atoms with Crippen LogP contribution in [-0.2, 0) is 20.7 Å². The third kappa shape index (κ3) is 6.50. The van der Waals surface area contributed by atoms with E-state index < -0.39 is 23.7 Å². The Morgan fingerprint density at radius 2 is 1.98 bits per heavy atom. The van der Waals surface area contributed by atoms with Crippen molar-refractivity contribution in [2.45, 2.75) is 59.6 Å². The fourth-order valence-electron chi connectivity index (χ4n) is 5.43. The van der Waals surface area contributed by atoms with E-state index in [9.17, 15) is 19.5 Å². The van der Waals surface area contributed by atoms with E-state index in [0.717, 1.165) is 23.3 Å². The first-order valence-corrected chi connectivity index (χ1v) is 16.1. The second-order valence-electron chi connectivity index (χ2n) is 11.6. The van der Waals surface area contributed by atoms with Gasteiger partial charge in [-0.3, -0.25) is 14.5 Å². The number of carbonyl (C=O) groups excluding carboxylic acids is 3. The molecule has 5 rings (SSSR count). The van der Waals surface area contributed by atoms with Gasteiger partial charge in [0.1, 0.15) is 29.1 Å². The number of amides is 1. The number of thiazole rings is 1. The Bertz CT molecular complexity index is 1710. The molecule has 10 nitrogen and oxygen atoms in total. The molecule has 0 bridgehead atoms. The van der Waals surface area contributed by atoms with Crippen molar-refractivity contribution in [3.8, 4) is 17.2 Å². The summed E-state index contributed by atoms with van der Waals surface area (Å²) in [5, 5.41) is 11.8. The number of benzene rings is 2. The van der Waals surface area contributed by atoms with Crippen molar-refractivity contribution in [3.05, 3.63) is 81.9 Å². The predicted octanol–water partition coefficient (Wildman–Crippen LogP) is 6.57. The normalized spacial score (nSPS) is 18.4. The van der Waals surface area contributed by atoms with Gasteiger partial charge in [-0.25, -0.2) is 9.78 Å². The van der Waals surface area contributed by atoms with Crippen LogP contribution in [-0.4, -0.2) is 53.7 Å². The van der Waals surface area contributed by atoms with Gasteiger partial charge >= 0.3 is 11.9 Å². The Balaban J connectivity index is 1.65. The van der Waals surface area contributed by atoms with Crippen LogP contribution in [0.1, 0.15) is 72.2 Å². The number of ketones is 1. The summed E-state index contributed by atoms with van der Waals surface area (Å²) in [5.41, 5.74) is 1.98. The van der Waals surface area contributed by atoms with Crippen LogP contribution in [0.25, 0.3) is 5.76 Å². The van der Waals surface area contributed by atoms with E-state index in [1.807, 2.05) is 13.8 Å². The smallest absolute Gasteiger partial charge is 0.350 e. The van der Waals surface area contributed by atoms with Gasteiger partial charge in [-0.1, -0.05) is 43.9 Å². The lowest BCUT2D eigenvalue weighted by Crippen LogP contribution is -2.29. The molecule has 0 saturated carbocycles. The lowest BCUT2D eigenvalue weighted by Gasteiger charge is -2.24. The minimum absolute atomic E-state index is 0.00636. The fraction of sp³-hybridized carbons (Fsp3) is 0.371. The summed E-state index contributed by atoms with van der Waals surface area (Å²) in [6.45, 7) is 14.1. The van der Waals surface area contributed by atoms with E-state index in [4.69, 9.17) is 18.9 Å². The standard InChI is InChI=1S/C35H38N2O8S/c1-7-14-44-34(41)32-21(6)36-35(46-32)37-29(22-9-12-26(27(18-22)42-8-2)43-15-13-19(3)4)28(31(39)33(37)40)30(38)23-10-11-25-24(17-23)16-20(5)45-25/h7,9-12,17-20,29,38H,1,8,13-16H2,2-6H3/b30-28+/t20-,29+/m0/s1. The van der Waals surface area contributed by atoms with E-state index in [1.54, 1.807) is 43.3 Å². The fourth-order valence-corrected chi connectivity index (χ4v) is 6.42. The van der Waals surface area contributed by atoms with Gasteiger partial charge < -0.3 is 24.1 Å². The summed E-state index contributed by atoms with van der Waals surface area (Å²) >= 11 is 0.933. The number of ether oxygens (including phenoxy) is 4. The number of fused-ring (bicyclic) bond motifs is 1. The Hall–Kier alpha value is -4.64. The molecule has 1 saturated heterocycles. The van der Waals surface area contributed by atoms with Crippen molar-refractivity contribution in [1.82, 2.24) is 4.98 Å². The average Bonchev–Trinajstić information content (AvgIpc) is 3.67. The van der Waals surface area contributed by atoms with E-state index >= 15 is 0 Å². The molecule has 2 aromatic carbocycles. The van der Waals surface area contributed by atoms with Crippen molar-refractivity contribution in [2.24, 2.45) is 5.92 Å². The van der Waals surface area contributed by atoms with E-state index in [1.165, 1.54) is 11.0 Å². The first kappa shape index (κ1) is 32.7. The summed E-state index contributed by atoms with van der Waals surface area (Å²) in [7, 11) is 0. The first-order chi connectivity index (χ1) is 22.0.